The zero-order valence-corrected chi connectivity index (χ0v) is 9.98. The van der Waals surface area contributed by atoms with Crippen LogP contribution in [0.1, 0.15) is 12.8 Å². The molecule has 88 valence electrons. The van der Waals surface area contributed by atoms with Crippen LogP contribution < -0.4 is 9.64 Å². The summed E-state index contributed by atoms with van der Waals surface area (Å²) in [5, 5.41) is 0. The van der Waals surface area contributed by atoms with Gasteiger partial charge < -0.3 is 14.4 Å². The summed E-state index contributed by atoms with van der Waals surface area (Å²) in [6, 6.07) is 8.79. The summed E-state index contributed by atoms with van der Waals surface area (Å²) in [6.45, 7) is 1.75. The molecule has 2 rings (SSSR count). The topological polar surface area (TPSA) is 21.7 Å². The third kappa shape index (κ3) is 2.47. The Hall–Kier alpha value is -1.22. The van der Waals surface area contributed by atoms with Crippen LogP contribution in [0.3, 0.4) is 0 Å². The molecule has 0 radical (unpaired) electrons. The minimum Gasteiger partial charge on any atom is -0.497 e. The van der Waals surface area contributed by atoms with E-state index < -0.39 is 0 Å². The lowest BCUT2D eigenvalue weighted by Crippen LogP contribution is -2.36. The first-order valence-electron chi connectivity index (χ1n) is 5.76. The molecule has 0 atom stereocenters. The van der Waals surface area contributed by atoms with Crippen molar-refractivity contribution >= 4 is 5.69 Å². The molecule has 1 aliphatic rings. The summed E-state index contributed by atoms with van der Waals surface area (Å²) >= 11 is 0. The molecule has 1 saturated heterocycles. The number of benzene rings is 1. The highest BCUT2D eigenvalue weighted by atomic mass is 16.5. The van der Waals surface area contributed by atoms with Crippen LogP contribution in [0.5, 0.6) is 5.75 Å². The number of hydrogen-bond donors (Lipinski definition) is 0. The van der Waals surface area contributed by atoms with Gasteiger partial charge in [-0.2, -0.15) is 0 Å². The fourth-order valence-electron chi connectivity index (χ4n) is 2.11. The van der Waals surface area contributed by atoms with Gasteiger partial charge in [0.25, 0.3) is 0 Å². The van der Waals surface area contributed by atoms with Gasteiger partial charge in [0.2, 0.25) is 0 Å². The molecule has 16 heavy (non-hydrogen) atoms. The van der Waals surface area contributed by atoms with E-state index in [9.17, 15) is 0 Å². The average molecular weight is 221 g/mol. The monoisotopic (exact) mass is 221 g/mol. The Kier molecular flexibility index (Phi) is 3.67. The molecule has 0 amide bonds. The summed E-state index contributed by atoms with van der Waals surface area (Å²) in [5.74, 6) is 0.913. The number of methoxy groups -OCH3 is 1. The molecule has 0 aliphatic carbocycles. The molecule has 0 spiro atoms. The van der Waals surface area contributed by atoms with Crippen LogP contribution in [0.15, 0.2) is 24.3 Å². The molecule has 1 aliphatic heterocycles. The molecule has 0 unspecified atom stereocenters. The molecule has 1 aromatic carbocycles. The van der Waals surface area contributed by atoms with Crippen molar-refractivity contribution in [3.63, 3.8) is 0 Å². The third-order valence-electron chi connectivity index (χ3n) is 3.20. The first-order chi connectivity index (χ1) is 7.81. The van der Waals surface area contributed by atoms with Crippen molar-refractivity contribution in [1.29, 1.82) is 0 Å². The van der Waals surface area contributed by atoms with Crippen LogP contribution in [-0.2, 0) is 4.74 Å². The third-order valence-corrected chi connectivity index (χ3v) is 3.20. The second kappa shape index (κ2) is 5.21. The van der Waals surface area contributed by atoms with Gasteiger partial charge in [-0.3, -0.25) is 0 Å². The Morgan fingerprint density at radius 3 is 2.75 bits per heavy atom. The average Bonchev–Trinajstić information content (AvgIpc) is 2.39. The first kappa shape index (κ1) is 11.3. The number of ether oxygens (including phenoxy) is 2. The molecule has 0 aromatic heterocycles. The van der Waals surface area contributed by atoms with Gasteiger partial charge in [-0.15, -0.1) is 0 Å². The quantitative estimate of drug-likeness (QED) is 0.781. The highest BCUT2D eigenvalue weighted by Crippen LogP contribution is 2.24. The minimum absolute atomic E-state index is 0.584. The maximum absolute atomic E-state index is 5.38. The molecule has 0 saturated carbocycles. The zero-order valence-electron chi connectivity index (χ0n) is 9.98. The van der Waals surface area contributed by atoms with Crippen molar-refractivity contribution < 1.29 is 9.47 Å². The van der Waals surface area contributed by atoms with Crippen LogP contribution in [0, 0.1) is 0 Å². The number of anilines is 1. The van der Waals surface area contributed by atoms with E-state index in [1.54, 1.807) is 7.11 Å². The van der Waals surface area contributed by atoms with E-state index in [-0.39, 0.29) is 0 Å². The standard InChI is InChI=1S/C13H19NO2/c1-14(11-6-8-16-9-7-11)12-4-3-5-13(10-12)15-2/h3-5,10-11H,6-9H2,1-2H3. The Labute approximate surface area is 97.0 Å². The van der Waals surface area contributed by atoms with E-state index in [0.717, 1.165) is 31.8 Å². The van der Waals surface area contributed by atoms with Gasteiger partial charge in [0.15, 0.2) is 0 Å². The van der Waals surface area contributed by atoms with Gasteiger partial charge in [0, 0.05) is 38.1 Å². The lowest BCUT2D eigenvalue weighted by atomic mass is 10.1. The fourth-order valence-corrected chi connectivity index (χ4v) is 2.11. The molecule has 1 heterocycles. The van der Waals surface area contributed by atoms with Gasteiger partial charge >= 0.3 is 0 Å². The van der Waals surface area contributed by atoms with Gasteiger partial charge in [-0.1, -0.05) is 6.07 Å². The molecule has 0 bridgehead atoms. The molecule has 3 nitrogen and oxygen atoms in total. The fraction of sp³-hybridized carbons (Fsp3) is 0.538. The Morgan fingerprint density at radius 2 is 2.06 bits per heavy atom. The molecular weight excluding hydrogens is 202 g/mol. The van der Waals surface area contributed by atoms with Crippen molar-refractivity contribution in [2.45, 2.75) is 18.9 Å². The second-order valence-corrected chi connectivity index (χ2v) is 4.16. The molecule has 1 fully saturated rings. The Balaban J connectivity index is 2.09. The van der Waals surface area contributed by atoms with Crippen LogP contribution in [-0.4, -0.2) is 33.4 Å². The lowest BCUT2D eigenvalue weighted by Gasteiger charge is -2.33. The summed E-state index contributed by atoms with van der Waals surface area (Å²) in [6.07, 6.45) is 2.21. The van der Waals surface area contributed by atoms with Crippen LogP contribution >= 0.6 is 0 Å². The zero-order chi connectivity index (χ0) is 11.4. The highest BCUT2D eigenvalue weighted by molar-refractivity contribution is 5.50. The first-order valence-corrected chi connectivity index (χ1v) is 5.76. The van der Waals surface area contributed by atoms with Crippen LogP contribution in [0.2, 0.25) is 0 Å². The van der Waals surface area contributed by atoms with Crippen LogP contribution in [0.25, 0.3) is 0 Å². The van der Waals surface area contributed by atoms with Gasteiger partial charge in [-0.05, 0) is 25.0 Å². The highest BCUT2D eigenvalue weighted by Gasteiger charge is 2.18. The number of nitrogens with zero attached hydrogens (tertiary/aromatic N) is 1. The molecular formula is C13H19NO2. The molecule has 0 N–H and O–H groups in total. The smallest absolute Gasteiger partial charge is 0.120 e. The maximum Gasteiger partial charge on any atom is 0.120 e. The van der Waals surface area contributed by atoms with Gasteiger partial charge in [0.1, 0.15) is 5.75 Å². The maximum atomic E-state index is 5.38. The van der Waals surface area contributed by atoms with Crippen molar-refractivity contribution in [3.05, 3.63) is 24.3 Å². The summed E-state index contributed by atoms with van der Waals surface area (Å²) in [5.41, 5.74) is 1.21. The predicted molar refractivity (Wildman–Crippen MR) is 65.2 cm³/mol. The van der Waals surface area contributed by atoms with E-state index >= 15 is 0 Å². The Morgan fingerprint density at radius 1 is 1.31 bits per heavy atom. The summed E-state index contributed by atoms with van der Waals surface area (Å²) < 4.78 is 10.6. The van der Waals surface area contributed by atoms with Crippen molar-refractivity contribution in [1.82, 2.24) is 0 Å². The lowest BCUT2D eigenvalue weighted by molar-refractivity contribution is 0.0855. The van der Waals surface area contributed by atoms with Gasteiger partial charge in [-0.25, -0.2) is 0 Å². The Bertz CT molecular complexity index is 334. The number of rotatable bonds is 3. The second-order valence-electron chi connectivity index (χ2n) is 4.16. The van der Waals surface area contributed by atoms with E-state index in [4.69, 9.17) is 9.47 Å². The van der Waals surface area contributed by atoms with E-state index in [1.165, 1.54) is 5.69 Å². The largest absolute Gasteiger partial charge is 0.497 e. The normalized spacial score (nSPS) is 17.1. The summed E-state index contributed by atoms with van der Waals surface area (Å²) in [4.78, 5) is 2.32. The van der Waals surface area contributed by atoms with Crippen LogP contribution in [0.4, 0.5) is 5.69 Å². The molecule has 3 heteroatoms. The van der Waals surface area contributed by atoms with Crippen molar-refractivity contribution in [3.8, 4) is 5.75 Å². The van der Waals surface area contributed by atoms with E-state index in [2.05, 4.69) is 24.1 Å². The SMILES string of the molecule is COc1cccc(N(C)C2CCOCC2)c1. The summed E-state index contributed by atoms with van der Waals surface area (Å²) in [7, 11) is 3.85. The van der Waals surface area contributed by atoms with E-state index in [1.807, 2.05) is 12.1 Å². The van der Waals surface area contributed by atoms with Crippen molar-refractivity contribution in [2.24, 2.45) is 0 Å². The minimum atomic E-state index is 0.584. The van der Waals surface area contributed by atoms with Crippen molar-refractivity contribution in [2.75, 3.05) is 32.3 Å². The predicted octanol–water partition coefficient (Wildman–Crippen LogP) is 2.31. The van der Waals surface area contributed by atoms with Gasteiger partial charge in [0.05, 0.1) is 7.11 Å². The molecule has 1 aromatic rings. The number of hydrogen-bond acceptors (Lipinski definition) is 3. The van der Waals surface area contributed by atoms with E-state index in [0.29, 0.717) is 6.04 Å².